The molecule has 0 aliphatic heterocycles. The fraction of sp³-hybridized carbons (Fsp3) is 0. The third-order valence-electron chi connectivity index (χ3n) is 2.35. The number of nitrogens with zero attached hydrogens (tertiary/aromatic N) is 4. The second-order valence-electron chi connectivity index (χ2n) is 3.65. The lowest BCUT2D eigenvalue weighted by Gasteiger charge is -1.99. The zero-order valence-corrected chi connectivity index (χ0v) is 11.0. The van der Waals surface area contributed by atoms with E-state index in [1.807, 2.05) is 18.2 Å². The van der Waals surface area contributed by atoms with E-state index in [0.717, 1.165) is 10.2 Å². The molecule has 19 heavy (non-hydrogen) atoms. The number of aromatic nitrogens is 3. The Morgan fingerprint density at radius 1 is 1.26 bits per heavy atom. The van der Waals surface area contributed by atoms with Crippen molar-refractivity contribution >= 4 is 44.1 Å². The van der Waals surface area contributed by atoms with Crippen LogP contribution in [0.5, 0.6) is 0 Å². The van der Waals surface area contributed by atoms with E-state index in [2.05, 4.69) is 20.3 Å². The molecule has 0 saturated carbocycles. The van der Waals surface area contributed by atoms with Crippen molar-refractivity contribution in [2.45, 2.75) is 0 Å². The molecule has 0 aliphatic carbocycles. The van der Waals surface area contributed by atoms with Crippen LogP contribution in [0.4, 0.5) is 10.9 Å². The minimum absolute atomic E-state index is 0.279. The van der Waals surface area contributed by atoms with Gasteiger partial charge in [0.25, 0.3) is 0 Å². The summed E-state index contributed by atoms with van der Waals surface area (Å²) in [7, 11) is 0. The molecule has 3 aromatic rings. The highest BCUT2D eigenvalue weighted by atomic mass is 35.5. The Balaban J connectivity index is 1.90. The maximum absolute atomic E-state index is 8.64. The third-order valence-corrected chi connectivity index (χ3v) is 3.52. The van der Waals surface area contributed by atoms with E-state index in [1.54, 1.807) is 6.07 Å². The predicted octanol–water partition coefficient (Wildman–Crippen LogP) is 3.35. The summed E-state index contributed by atoms with van der Waals surface area (Å²) in [5.41, 5.74) is 1.15. The van der Waals surface area contributed by atoms with Crippen molar-refractivity contribution in [1.82, 2.24) is 15.0 Å². The molecular weight excluding hydrogens is 282 g/mol. The van der Waals surface area contributed by atoms with Gasteiger partial charge in [0.1, 0.15) is 6.07 Å². The molecule has 1 N–H and O–H groups in total. The average molecular weight is 288 g/mol. The lowest BCUT2D eigenvalue weighted by Crippen LogP contribution is -1.94. The largest absolute Gasteiger partial charge is 0.315 e. The summed E-state index contributed by atoms with van der Waals surface area (Å²) < 4.78 is 0.997. The van der Waals surface area contributed by atoms with Gasteiger partial charge in [-0.2, -0.15) is 5.26 Å². The Bertz CT molecular complexity index is 775. The van der Waals surface area contributed by atoms with Crippen LogP contribution >= 0.6 is 22.9 Å². The van der Waals surface area contributed by atoms with Crippen LogP contribution in [0.3, 0.4) is 0 Å². The minimum Gasteiger partial charge on any atom is -0.315 e. The number of anilines is 2. The van der Waals surface area contributed by atoms with E-state index in [1.165, 1.54) is 23.7 Å². The van der Waals surface area contributed by atoms with Gasteiger partial charge in [-0.25, -0.2) is 15.0 Å². The average Bonchev–Trinajstić information content (AvgIpc) is 2.81. The molecule has 0 unspecified atom stereocenters. The zero-order chi connectivity index (χ0) is 13.2. The van der Waals surface area contributed by atoms with Gasteiger partial charge in [0.2, 0.25) is 0 Å². The van der Waals surface area contributed by atoms with Gasteiger partial charge in [-0.1, -0.05) is 22.9 Å². The number of nitrogens with one attached hydrogen (secondary N) is 1. The molecule has 0 bridgehead atoms. The van der Waals surface area contributed by atoms with Gasteiger partial charge in [0, 0.05) is 5.02 Å². The summed E-state index contributed by atoms with van der Waals surface area (Å²) in [6, 6.07) is 7.45. The topological polar surface area (TPSA) is 74.5 Å². The highest BCUT2D eigenvalue weighted by Crippen LogP contribution is 2.29. The highest BCUT2D eigenvalue weighted by molar-refractivity contribution is 7.22. The lowest BCUT2D eigenvalue weighted by molar-refractivity contribution is 1.16. The first-order valence-corrected chi connectivity index (χ1v) is 6.49. The molecule has 1 aromatic carbocycles. The van der Waals surface area contributed by atoms with Gasteiger partial charge in [-0.3, -0.25) is 0 Å². The standard InChI is InChI=1S/C12H6ClN5S/c13-7-1-2-9-10(3-7)19-12(17-9)18-11-6-15-8(4-14)5-16-11/h1-3,5-6H,(H,16,17,18). The molecule has 92 valence electrons. The molecule has 0 aliphatic rings. The first-order chi connectivity index (χ1) is 9.24. The van der Waals surface area contributed by atoms with E-state index < -0.39 is 0 Å². The van der Waals surface area contributed by atoms with Crippen molar-refractivity contribution in [3.8, 4) is 6.07 Å². The molecular formula is C12H6ClN5S. The van der Waals surface area contributed by atoms with E-state index in [-0.39, 0.29) is 5.69 Å². The third kappa shape index (κ3) is 2.47. The maximum Gasteiger partial charge on any atom is 0.189 e. The molecule has 0 amide bonds. The highest BCUT2D eigenvalue weighted by Gasteiger charge is 2.05. The van der Waals surface area contributed by atoms with Crippen molar-refractivity contribution in [2.24, 2.45) is 0 Å². The van der Waals surface area contributed by atoms with Crippen molar-refractivity contribution in [1.29, 1.82) is 5.26 Å². The Labute approximate surface area is 117 Å². The minimum atomic E-state index is 0.279. The molecule has 5 nitrogen and oxygen atoms in total. The second-order valence-corrected chi connectivity index (χ2v) is 5.12. The number of rotatable bonds is 2. The van der Waals surface area contributed by atoms with Gasteiger partial charge in [0.15, 0.2) is 16.6 Å². The summed E-state index contributed by atoms with van der Waals surface area (Å²) in [6.45, 7) is 0. The quantitative estimate of drug-likeness (QED) is 0.782. The van der Waals surface area contributed by atoms with Gasteiger partial charge >= 0.3 is 0 Å². The molecule has 0 fully saturated rings. The molecule has 7 heteroatoms. The van der Waals surface area contributed by atoms with Gasteiger partial charge in [-0.15, -0.1) is 0 Å². The van der Waals surface area contributed by atoms with Gasteiger partial charge < -0.3 is 5.32 Å². The smallest absolute Gasteiger partial charge is 0.189 e. The number of nitriles is 1. The monoisotopic (exact) mass is 287 g/mol. The van der Waals surface area contributed by atoms with Crippen LogP contribution in [0, 0.1) is 11.3 Å². The molecule has 0 spiro atoms. The number of halogens is 1. The molecule has 2 heterocycles. The van der Waals surface area contributed by atoms with Crippen molar-refractivity contribution in [3.63, 3.8) is 0 Å². The number of thiazole rings is 1. The van der Waals surface area contributed by atoms with E-state index in [4.69, 9.17) is 16.9 Å². The van der Waals surface area contributed by atoms with E-state index in [0.29, 0.717) is 16.0 Å². The Morgan fingerprint density at radius 3 is 2.89 bits per heavy atom. The Morgan fingerprint density at radius 2 is 2.16 bits per heavy atom. The molecule has 2 aromatic heterocycles. The van der Waals surface area contributed by atoms with Crippen LogP contribution in [0.25, 0.3) is 10.2 Å². The SMILES string of the molecule is N#Cc1cnc(Nc2nc3ccc(Cl)cc3s2)cn1. The molecule has 0 atom stereocenters. The van der Waals surface area contributed by atoms with Crippen LogP contribution in [-0.4, -0.2) is 15.0 Å². The van der Waals surface area contributed by atoms with Crippen LogP contribution in [0.1, 0.15) is 5.69 Å². The van der Waals surface area contributed by atoms with Crippen molar-refractivity contribution in [2.75, 3.05) is 5.32 Å². The lowest BCUT2D eigenvalue weighted by atomic mass is 10.3. The Kier molecular flexibility index (Phi) is 2.99. The summed E-state index contributed by atoms with van der Waals surface area (Å²) in [4.78, 5) is 12.4. The van der Waals surface area contributed by atoms with Crippen molar-refractivity contribution in [3.05, 3.63) is 41.3 Å². The first kappa shape index (κ1) is 11.8. The van der Waals surface area contributed by atoms with Crippen LogP contribution in [-0.2, 0) is 0 Å². The van der Waals surface area contributed by atoms with Crippen LogP contribution in [0.2, 0.25) is 5.02 Å². The van der Waals surface area contributed by atoms with Crippen LogP contribution < -0.4 is 5.32 Å². The summed E-state index contributed by atoms with van der Waals surface area (Å²) in [5.74, 6) is 0.546. The summed E-state index contributed by atoms with van der Waals surface area (Å²) in [6.07, 6.45) is 2.91. The fourth-order valence-corrected chi connectivity index (χ4v) is 2.66. The normalized spacial score (nSPS) is 10.3. The zero-order valence-electron chi connectivity index (χ0n) is 9.46. The van der Waals surface area contributed by atoms with Crippen LogP contribution in [0.15, 0.2) is 30.6 Å². The summed E-state index contributed by atoms with van der Waals surface area (Å²) >= 11 is 7.40. The maximum atomic E-state index is 8.64. The second kappa shape index (κ2) is 4.80. The molecule has 0 radical (unpaired) electrons. The number of hydrogen-bond acceptors (Lipinski definition) is 6. The predicted molar refractivity (Wildman–Crippen MR) is 74.7 cm³/mol. The number of fused-ring (bicyclic) bond motifs is 1. The molecule has 3 rings (SSSR count). The van der Waals surface area contributed by atoms with Gasteiger partial charge in [-0.05, 0) is 18.2 Å². The Hall–Kier alpha value is -2.23. The van der Waals surface area contributed by atoms with E-state index in [9.17, 15) is 0 Å². The molecule has 0 saturated heterocycles. The first-order valence-electron chi connectivity index (χ1n) is 5.30. The number of hydrogen-bond donors (Lipinski definition) is 1. The van der Waals surface area contributed by atoms with Gasteiger partial charge in [0.05, 0.1) is 22.6 Å². The fourth-order valence-electron chi connectivity index (χ4n) is 1.51. The van der Waals surface area contributed by atoms with Crippen molar-refractivity contribution < 1.29 is 0 Å². The van der Waals surface area contributed by atoms with E-state index >= 15 is 0 Å². The summed E-state index contributed by atoms with van der Waals surface area (Å²) in [5, 5.41) is 13.1. The number of benzene rings is 1.